The van der Waals surface area contributed by atoms with Gasteiger partial charge in [-0.2, -0.15) is 0 Å². The molecule has 0 bridgehead atoms. The highest BCUT2D eigenvalue weighted by molar-refractivity contribution is 6.31. The Bertz CT molecular complexity index is 865. The maximum atomic E-state index is 13.2. The van der Waals surface area contributed by atoms with E-state index in [1.807, 2.05) is 4.90 Å². The summed E-state index contributed by atoms with van der Waals surface area (Å²) in [6.07, 6.45) is 5.63. The van der Waals surface area contributed by atoms with Crippen LogP contribution in [0.2, 0.25) is 5.02 Å². The van der Waals surface area contributed by atoms with Crippen molar-refractivity contribution >= 4 is 34.6 Å². The van der Waals surface area contributed by atoms with E-state index in [4.69, 9.17) is 16.1 Å². The number of carbonyl (C=O) groups is 2. The molecule has 2 heterocycles. The molecule has 10 heteroatoms. The Kier molecular flexibility index (Phi) is 7.13. The number of halogens is 2. The fraction of sp³-hybridized carbons (Fsp3) is 0.526. The molecule has 1 saturated carbocycles. The van der Waals surface area contributed by atoms with Gasteiger partial charge in [0.2, 0.25) is 0 Å². The van der Waals surface area contributed by atoms with E-state index < -0.39 is 5.82 Å². The number of aromatic nitrogens is 1. The van der Waals surface area contributed by atoms with Gasteiger partial charge in [-0.05, 0) is 38.2 Å². The van der Waals surface area contributed by atoms with E-state index in [0.717, 1.165) is 38.8 Å². The Morgan fingerprint density at radius 1 is 1.28 bits per heavy atom. The second-order valence-electron chi connectivity index (χ2n) is 7.09. The fourth-order valence-corrected chi connectivity index (χ4v) is 3.16. The fourth-order valence-electron chi connectivity index (χ4n) is 3.00. The molecule has 1 aromatic carbocycles. The Labute approximate surface area is 173 Å². The highest BCUT2D eigenvalue weighted by Gasteiger charge is 2.23. The van der Waals surface area contributed by atoms with Crippen molar-refractivity contribution < 1.29 is 18.5 Å². The average molecular weight is 426 g/mol. The zero-order chi connectivity index (χ0) is 20.8. The van der Waals surface area contributed by atoms with Crippen molar-refractivity contribution in [3.05, 3.63) is 28.7 Å². The van der Waals surface area contributed by atoms with Crippen molar-refractivity contribution in [2.45, 2.75) is 44.7 Å². The number of urea groups is 2. The first-order valence-corrected chi connectivity index (χ1v) is 10.1. The van der Waals surface area contributed by atoms with E-state index in [-0.39, 0.29) is 29.7 Å². The number of amides is 4. The Morgan fingerprint density at radius 3 is 2.66 bits per heavy atom. The van der Waals surface area contributed by atoms with Gasteiger partial charge in [0.05, 0.1) is 11.6 Å². The Morgan fingerprint density at radius 2 is 2.00 bits per heavy atom. The molecule has 4 rings (SSSR count). The predicted octanol–water partition coefficient (Wildman–Crippen LogP) is 3.39. The van der Waals surface area contributed by atoms with Crippen LogP contribution in [0.15, 0.2) is 16.7 Å². The maximum Gasteiger partial charge on any atom is 0.317 e. The summed E-state index contributed by atoms with van der Waals surface area (Å²) >= 11 is 5.71. The SMILES string of the molecule is CNC(=O)N1CCCCC1.O=C(NCc1onc2cc(F)c(Cl)cc12)NC1CC1. The number of carbonyl (C=O) groups excluding carboxylic acids is 2. The van der Waals surface area contributed by atoms with Crippen LogP contribution in [0.3, 0.4) is 0 Å². The number of fused-ring (bicyclic) bond motifs is 1. The minimum Gasteiger partial charge on any atom is -0.358 e. The lowest BCUT2D eigenvalue weighted by Gasteiger charge is -2.25. The highest BCUT2D eigenvalue weighted by atomic mass is 35.5. The number of hydrogen-bond donors (Lipinski definition) is 3. The highest BCUT2D eigenvalue weighted by Crippen LogP contribution is 2.25. The van der Waals surface area contributed by atoms with Crippen LogP contribution in [-0.2, 0) is 6.54 Å². The predicted molar refractivity (Wildman–Crippen MR) is 107 cm³/mol. The summed E-state index contributed by atoms with van der Waals surface area (Å²) in [7, 11) is 1.68. The van der Waals surface area contributed by atoms with Crippen LogP contribution in [0.25, 0.3) is 10.9 Å². The summed E-state index contributed by atoms with van der Waals surface area (Å²) in [6.45, 7) is 2.04. The number of likely N-dealkylation sites (tertiary alicyclic amines) is 1. The summed E-state index contributed by atoms with van der Waals surface area (Å²) in [5, 5.41) is 12.4. The van der Waals surface area contributed by atoms with Crippen molar-refractivity contribution in [2.75, 3.05) is 20.1 Å². The molecule has 1 saturated heterocycles. The molecular formula is C19H25ClFN5O3. The molecule has 158 valence electrons. The van der Waals surface area contributed by atoms with Crippen molar-refractivity contribution in [3.8, 4) is 0 Å². The molecule has 0 unspecified atom stereocenters. The third-order valence-electron chi connectivity index (χ3n) is 4.77. The lowest BCUT2D eigenvalue weighted by Crippen LogP contribution is -2.41. The number of piperidine rings is 1. The molecule has 2 fully saturated rings. The van der Waals surface area contributed by atoms with Gasteiger partial charge in [-0.15, -0.1) is 0 Å². The van der Waals surface area contributed by atoms with Gasteiger partial charge in [0.1, 0.15) is 11.3 Å². The first-order chi connectivity index (χ1) is 14.0. The van der Waals surface area contributed by atoms with Crippen molar-refractivity contribution in [2.24, 2.45) is 0 Å². The van der Waals surface area contributed by atoms with Gasteiger partial charge in [-0.25, -0.2) is 14.0 Å². The smallest absolute Gasteiger partial charge is 0.317 e. The normalized spacial score (nSPS) is 16.0. The quantitative estimate of drug-likeness (QED) is 0.701. The lowest BCUT2D eigenvalue weighted by molar-refractivity contribution is 0.188. The number of benzene rings is 1. The Hall–Kier alpha value is -2.55. The monoisotopic (exact) mass is 425 g/mol. The summed E-state index contributed by atoms with van der Waals surface area (Å²) in [4.78, 5) is 24.3. The van der Waals surface area contributed by atoms with Crippen LogP contribution < -0.4 is 16.0 Å². The minimum absolute atomic E-state index is 0.000572. The summed E-state index contributed by atoms with van der Waals surface area (Å²) < 4.78 is 18.3. The molecule has 4 amide bonds. The molecule has 0 atom stereocenters. The maximum absolute atomic E-state index is 13.2. The molecule has 1 aliphatic heterocycles. The van der Waals surface area contributed by atoms with Crippen LogP contribution in [0.1, 0.15) is 37.9 Å². The number of nitrogens with zero attached hydrogens (tertiary/aromatic N) is 2. The van der Waals surface area contributed by atoms with Crippen LogP contribution in [0, 0.1) is 5.82 Å². The molecule has 29 heavy (non-hydrogen) atoms. The second-order valence-corrected chi connectivity index (χ2v) is 7.50. The standard InChI is InChI=1S/C12H11ClFN3O2.C7H14N2O/c13-8-3-7-10(4-9(8)14)17-19-11(7)5-15-12(18)16-6-1-2-6;1-8-7(10)9-5-3-2-4-6-9/h3-4,6H,1-2,5H2,(H2,15,16,18);2-6H2,1H3,(H,8,10). The Balaban J connectivity index is 0.000000204. The first-order valence-electron chi connectivity index (χ1n) is 9.72. The van der Waals surface area contributed by atoms with Crippen LogP contribution in [0.5, 0.6) is 0 Å². The summed E-state index contributed by atoms with van der Waals surface area (Å²) in [5.41, 5.74) is 0.376. The molecule has 0 radical (unpaired) electrons. The molecule has 2 aromatic rings. The number of nitrogens with one attached hydrogen (secondary N) is 3. The van der Waals surface area contributed by atoms with E-state index in [1.165, 1.54) is 18.6 Å². The van der Waals surface area contributed by atoms with E-state index in [9.17, 15) is 14.0 Å². The lowest BCUT2D eigenvalue weighted by atomic mass is 10.1. The van der Waals surface area contributed by atoms with E-state index in [1.54, 1.807) is 7.05 Å². The molecule has 3 N–H and O–H groups in total. The van der Waals surface area contributed by atoms with Crippen molar-refractivity contribution in [1.82, 2.24) is 26.0 Å². The summed E-state index contributed by atoms with van der Waals surface area (Å²) in [5.74, 6) is -0.101. The molecular weight excluding hydrogens is 401 g/mol. The zero-order valence-corrected chi connectivity index (χ0v) is 17.0. The molecule has 1 aromatic heterocycles. The first kappa shape index (κ1) is 21.2. The molecule has 0 spiro atoms. The minimum atomic E-state index is -0.548. The molecule has 1 aliphatic carbocycles. The van der Waals surface area contributed by atoms with Gasteiger partial charge < -0.3 is 25.4 Å². The van der Waals surface area contributed by atoms with E-state index in [0.29, 0.717) is 16.7 Å². The zero-order valence-electron chi connectivity index (χ0n) is 16.3. The van der Waals surface area contributed by atoms with Crippen LogP contribution >= 0.6 is 11.6 Å². The van der Waals surface area contributed by atoms with Gasteiger partial charge in [-0.1, -0.05) is 16.8 Å². The van der Waals surface area contributed by atoms with Gasteiger partial charge in [0.15, 0.2) is 5.76 Å². The van der Waals surface area contributed by atoms with Crippen molar-refractivity contribution in [3.63, 3.8) is 0 Å². The van der Waals surface area contributed by atoms with Gasteiger partial charge in [-0.3, -0.25) is 0 Å². The largest absolute Gasteiger partial charge is 0.358 e. The average Bonchev–Trinajstić information content (AvgIpc) is 3.47. The third-order valence-corrected chi connectivity index (χ3v) is 5.06. The van der Waals surface area contributed by atoms with Crippen LogP contribution in [-0.4, -0.2) is 48.3 Å². The van der Waals surface area contributed by atoms with Gasteiger partial charge in [0, 0.05) is 37.6 Å². The van der Waals surface area contributed by atoms with Gasteiger partial charge in [0.25, 0.3) is 0 Å². The third kappa shape index (κ3) is 5.96. The number of hydrogen-bond acceptors (Lipinski definition) is 4. The van der Waals surface area contributed by atoms with E-state index in [2.05, 4.69) is 21.1 Å². The number of rotatable bonds is 3. The summed E-state index contributed by atoms with van der Waals surface area (Å²) in [6, 6.07) is 2.75. The van der Waals surface area contributed by atoms with Gasteiger partial charge >= 0.3 is 12.1 Å². The molecule has 8 nitrogen and oxygen atoms in total. The van der Waals surface area contributed by atoms with E-state index >= 15 is 0 Å². The van der Waals surface area contributed by atoms with Crippen molar-refractivity contribution in [1.29, 1.82) is 0 Å². The van der Waals surface area contributed by atoms with Crippen LogP contribution in [0.4, 0.5) is 14.0 Å². The topological polar surface area (TPSA) is 99.5 Å². The second kappa shape index (κ2) is 9.78. The molecule has 2 aliphatic rings.